The predicted molar refractivity (Wildman–Crippen MR) is 104 cm³/mol. The first-order chi connectivity index (χ1) is 13.1. The molecule has 0 spiro atoms. The molecule has 1 aromatic heterocycles. The SMILES string of the molecule is O=C(NCc1nc2ccccc2[nH]1)[C@@H]1C[C@@H](O)CN1Cc1ccccc1Cl. The Bertz CT molecular complexity index is 925. The molecule has 1 aliphatic heterocycles. The van der Waals surface area contributed by atoms with Gasteiger partial charge in [0.2, 0.25) is 5.91 Å². The van der Waals surface area contributed by atoms with Gasteiger partial charge in [-0.15, -0.1) is 0 Å². The minimum atomic E-state index is -0.519. The van der Waals surface area contributed by atoms with Gasteiger partial charge >= 0.3 is 0 Å². The van der Waals surface area contributed by atoms with Crippen LogP contribution in [0.15, 0.2) is 48.5 Å². The monoisotopic (exact) mass is 384 g/mol. The second-order valence-corrected chi connectivity index (χ2v) is 7.25. The molecule has 1 aliphatic rings. The zero-order valence-electron chi connectivity index (χ0n) is 14.7. The molecule has 4 rings (SSSR count). The van der Waals surface area contributed by atoms with E-state index < -0.39 is 6.10 Å². The summed E-state index contributed by atoms with van der Waals surface area (Å²) in [5.41, 5.74) is 2.76. The third-order valence-corrected chi connectivity index (χ3v) is 5.25. The molecule has 6 nitrogen and oxygen atoms in total. The van der Waals surface area contributed by atoms with Crippen molar-refractivity contribution in [2.45, 2.75) is 31.7 Å². The van der Waals surface area contributed by atoms with E-state index in [1.54, 1.807) is 0 Å². The minimum absolute atomic E-state index is 0.112. The molecule has 1 amide bonds. The van der Waals surface area contributed by atoms with Crippen LogP contribution >= 0.6 is 11.6 Å². The van der Waals surface area contributed by atoms with Crippen LogP contribution < -0.4 is 5.32 Å². The number of aromatic amines is 1. The summed E-state index contributed by atoms with van der Waals surface area (Å²) in [5.74, 6) is 0.597. The maximum atomic E-state index is 12.7. The number of likely N-dealkylation sites (tertiary alicyclic amines) is 1. The fourth-order valence-corrected chi connectivity index (χ4v) is 3.75. The van der Waals surface area contributed by atoms with Gasteiger partial charge in [0.15, 0.2) is 0 Å². The van der Waals surface area contributed by atoms with E-state index in [1.807, 2.05) is 53.4 Å². The number of para-hydroxylation sites is 2. The topological polar surface area (TPSA) is 81.2 Å². The Morgan fingerprint density at radius 1 is 1.26 bits per heavy atom. The normalized spacial score (nSPS) is 20.2. The third-order valence-electron chi connectivity index (χ3n) is 4.88. The summed E-state index contributed by atoms with van der Waals surface area (Å²) < 4.78 is 0. The van der Waals surface area contributed by atoms with E-state index >= 15 is 0 Å². The number of H-pyrrole nitrogens is 1. The second-order valence-electron chi connectivity index (χ2n) is 6.84. The van der Waals surface area contributed by atoms with Crippen molar-refractivity contribution in [3.05, 3.63) is 64.9 Å². The summed E-state index contributed by atoms with van der Waals surface area (Å²) in [6.07, 6.45) is -0.106. The average Bonchev–Trinajstić information content (AvgIpc) is 3.24. The molecule has 1 fully saturated rings. The Labute approximate surface area is 162 Å². The van der Waals surface area contributed by atoms with Crippen molar-refractivity contribution < 1.29 is 9.90 Å². The van der Waals surface area contributed by atoms with Crippen LogP contribution in [0.2, 0.25) is 5.02 Å². The molecule has 3 aromatic rings. The lowest BCUT2D eigenvalue weighted by molar-refractivity contribution is -0.125. The minimum Gasteiger partial charge on any atom is -0.392 e. The van der Waals surface area contributed by atoms with Gasteiger partial charge in [-0.25, -0.2) is 4.98 Å². The van der Waals surface area contributed by atoms with Crippen LogP contribution in [0.1, 0.15) is 17.8 Å². The molecule has 2 atom stereocenters. The van der Waals surface area contributed by atoms with Gasteiger partial charge < -0.3 is 15.4 Å². The van der Waals surface area contributed by atoms with E-state index in [0.29, 0.717) is 36.9 Å². The van der Waals surface area contributed by atoms with Gasteiger partial charge in [-0.3, -0.25) is 9.69 Å². The van der Waals surface area contributed by atoms with Crippen molar-refractivity contribution in [3.8, 4) is 0 Å². The van der Waals surface area contributed by atoms with Crippen molar-refractivity contribution in [2.24, 2.45) is 0 Å². The van der Waals surface area contributed by atoms with Crippen LogP contribution in [0.5, 0.6) is 0 Å². The lowest BCUT2D eigenvalue weighted by atomic mass is 10.1. The molecule has 1 saturated heterocycles. The Balaban J connectivity index is 1.42. The molecule has 27 heavy (non-hydrogen) atoms. The number of aliphatic hydroxyl groups is 1. The van der Waals surface area contributed by atoms with E-state index in [0.717, 1.165) is 16.6 Å². The largest absolute Gasteiger partial charge is 0.392 e. The fraction of sp³-hybridized carbons (Fsp3) is 0.300. The number of halogens is 1. The van der Waals surface area contributed by atoms with Crippen LogP contribution in [0.4, 0.5) is 0 Å². The van der Waals surface area contributed by atoms with Crippen molar-refractivity contribution in [1.29, 1.82) is 0 Å². The summed E-state index contributed by atoms with van der Waals surface area (Å²) in [6, 6.07) is 14.9. The van der Waals surface area contributed by atoms with Crippen LogP contribution in [-0.4, -0.2) is 44.6 Å². The van der Waals surface area contributed by atoms with Crippen LogP contribution in [0, 0.1) is 0 Å². The number of fused-ring (bicyclic) bond motifs is 1. The number of benzene rings is 2. The van der Waals surface area contributed by atoms with Crippen molar-refractivity contribution >= 4 is 28.5 Å². The summed E-state index contributed by atoms with van der Waals surface area (Å²) in [6.45, 7) is 1.30. The van der Waals surface area contributed by atoms with Gasteiger partial charge in [-0.1, -0.05) is 41.9 Å². The van der Waals surface area contributed by atoms with Gasteiger partial charge in [-0.2, -0.15) is 0 Å². The third kappa shape index (κ3) is 3.98. The highest BCUT2D eigenvalue weighted by Crippen LogP contribution is 2.24. The Morgan fingerprint density at radius 3 is 2.85 bits per heavy atom. The van der Waals surface area contributed by atoms with E-state index in [4.69, 9.17) is 11.6 Å². The van der Waals surface area contributed by atoms with Crippen LogP contribution in [0.3, 0.4) is 0 Å². The van der Waals surface area contributed by atoms with Crippen LogP contribution in [-0.2, 0) is 17.9 Å². The molecule has 2 heterocycles. The molecule has 0 unspecified atom stereocenters. The molecule has 0 radical (unpaired) electrons. The number of nitrogens with zero attached hydrogens (tertiary/aromatic N) is 2. The lowest BCUT2D eigenvalue weighted by Gasteiger charge is -2.23. The molecule has 3 N–H and O–H groups in total. The van der Waals surface area contributed by atoms with Gasteiger partial charge in [0.05, 0.1) is 29.7 Å². The predicted octanol–water partition coefficient (Wildman–Crippen LogP) is 2.47. The number of aliphatic hydroxyl groups excluding tert-OH is 1. The van der Waals surface area contributed by atoms with Gasteiger partial charge in [0, 0.05) is 18.1 Å². The molecule has 0 bridgehead atoms. The number of carbonyl (C=O) groups is 1. The van der Waals surface area contributed by atoms with Crippen molar-refractivity contribution in [1.82, 2.24) is 20.2 Å². The van der Waals surface area contributed by atoms with Gasteiger partial charge in [0.1, 0.15) is 5.82 Å². The van der Waals surface area contributed by atoms with Crippen molar-refractivity contribution in [3.63, 3.8) is 0 Å². The Hall–Kier alpha value is -2.41. The number of hydrogen-bond acceptors (Lipinski definition) is 4. The molecule has 0 aliphatic carbocycles. The second kappa shape index (κ2) is 7.68. The first-order valence-corrected chi connectivity index (χ1v) is 9.35. The maximum Gasteiger partial charge on any atom is 0.237 e. The summed E-state index contributed by atoms with van der Waals surface area (Å²) in [7, 11) is 0. The molecular weight excluding hydrogens is 364 g/mol. The number of imidazole rings is 1. The average molecular weight is 385 g/mol. The lowest BCUT2D eigenvalue weighted by Crippen LogP contribution is -2.42. The van der Waals surface area contributed by atoms with E-state index in [-0.39, 0.29) is 11.9 Å². The first-order valence-electron chi connectivity index (χ1n) is 8.97. The summed E-state index contributed by atoms with van der Waals surface area (Å²) >= 11 is 6.24. The van der Waals surface area contributed by atoms with Crippen LogP contribution in [0.25, 0.3) is 11.0 Å². The zero-order valence-corrected chi connectivity index (χ0v) is 15.5. The summed E-state index contributed by atoms with van der Waals surface area (Å²) in [5, 5.41) is 13.7. The fourth-order valence-electron chi connectivity index (χ4n) is 3.55. The number of amides is 1. The number of aromatic nitrogens is 2. The highest BCUT2D eigenvalue weighted by Gasteiger charge is 2.36. The van der Waals surface area contributed by atoms with E-state index in [2.05, 4.69) is 15.3 Å². The standard InChI is InChI=1S/C20H21ClN4O2/c21-15-6-2-1-5-13(15)11-25-12-14(26)9-18(25)20(27)22-10-19-23-16-7-3-4-8-17(16)24-19/h1-8,14,18,26H,9-12H2,(H,22,27)(H,23,24)/t14-,18+/m1/s1. The van der Waals surface area contributed by atoms with Gasteiger partial charge in [0.25, 0.3) is 0 Å². The molecule has 140 valence electrons. The Morgan fingerprint density at radius 2 is 2.04 bits per heavy atom. The van der Waals surface area contributed by atoms with E-state index in [9.17, 15) is 9.90 Å². The number of nitrogens with one attached hydrogen (secondary N) is 2. The Kier molecular flexibility index (Phi) is 5.11. The number of rotatable bonds is 5. The smallest absolute Gasteiger partial charge is 0.237 e. The molecule has 7 heteroatoms. The first kappa shape index (κ1) is 18.0. The van der Waals surface area contributed by atoms with Gasteiger partial charge in [-0.05, 0) is 30.2 Å². The van der Waals surface area contributed by atoms with Crippen molar-refractivity contribution in [2.75, 3.05) is 6.54 Å². The highest BCUT2D eigenvalue weighted by atomic mass is 35.5. The maximum absolute atomic E-state index is 12.7. The quantitative estimate of drug-likeness (QED) is 0.631. The molecule has 2 aromatic carbocycles. The zero-order chi connectivity index (χ0) is 18.8. The summed E-state index contributed by atoms with van der Waals surface area (Å²) in [4.78, 5) is 22.4. The highest BCUT2D eigenvalue weighted by molar-refractivity contribution is 6.31. The number of β-amino-alcohol motifs (C(OH)–C–C–N with tert-alkyl or cyclic N) is 1. The number of carbonyl (C=O) groups excluding carboxylic acids is 1. The molecule has 0 saturated carbocycles. The van der Waals surface area contributed by atoms with E-state index in [1.165, 1.54) is 0 Å². The number of hydrogen-bond donors (Lipinski definition) is 3. The molecular formula is C20H21ClN4O2.